The molecule has 6 rings (SSSR count). The van der Waals surface area contributed by atoms with Gasteiger partial charge in [-0.3, -0.25) is 9.36 Å². The number of nitrogens with one attached hydrogen (secondary N) is 2. The van der Waals surface area contributed by atoms with Crippen molar-refractivity contribution in [2.45, 2.75) is 44.8 Å². The lowest BCUT2D eigenvalue weighted by molar-refractivity contribution is 0.437. The maximum absolute atomic E-state index is 13.5. The van der Waals surface area contributed by atoms with Crippen molar-refractivity contribution in [3.05, 3.63) is 51.9 Å². The zero-order chi connectivity index (χ0) is 23.6. The van der Waals surface area contributed by atoms with E-state index in [1.807, 2.05) is 41.1 Å². The van der Waals surface area contributed by atoms with Gasteiger partial charge in [-0.1, -0.05) is 29.8 Å². The van der Waals surface area contributed by atoms with Crippen LogP contribution in [0.4, 0.5) is 5.95 Å². The molecule has 1 saturated heterocycles. The van der Waals surface area contributed by atoms with Gasteiger partial charge >= 0.3 is 0 Å². The molecule has 9 heteroatoms. The van der Waals surface area contributed by atoms with Gasteiger partial charge in [0.15, 0.2) is 5.11 Å². The summed E-state index contributed by atoms with van der Waals surface area (Å²) in [5.41, 5.74) is 1.98. The number of hydrogen-bond acceptors (Lipinski definition) is 5. The summed E-state index contributed by atoms with van der Waals surface area (Å²) >= 11 is 11.9. The molecule has 176 valence electrons. The lowest BCUT2D eigenvalue weighted by Crippen LogP contribution is -2.43. The van der Waals surface area contributed by atoms with Crippen molar-refractivity contribution >= 4 is 45.9 Å². The summed E-state index contributed by atoms with van der Waals surface area (Å²) in [4.78, 5) is 25.2. The summed E-state index contributed by atoms with van der Waals surface area (Å²) in [5, 5.41) is 9.11. The van der Waals surface area contributed by atoms with E-state index in [0.29, 0.717) is 46.1 Å². The Morgan fingerprint density at radius 2 is 1.91 bits per heavy atom. The Labute approximate surface area is 208 Å². The van der Waals surface area contributed by atoms with Gasteiger partial charge in [-0.15, -0.1) is 0 Å². The Morgan fingerprint density at radius 1 is 1.18 bits per heavy atom. The van der Waals surface area contributed by atoms with Crippen LogP contribution in [0.15, 0.2) is 41.3 Å². The van der Waals surface area contributed by atoms with Crippen LogP contribution in [0.3, 0.4) is 0 Å². The van der Waals surface area contributed by atoms with Crippen molar-refractivity contribution < 1.29 is 0 Å². The standard InChI is InChI=1S/C25H27ClN6OS/c1-13(2)28-25(34)31-11-18-19(12-31)21(18)29-24-27-10-14-9-17(16-5-3-4-6-20(16)26)23(33)32(15-7-8-15)22(14)30-24/h3-6,9-10,13,15,18-19,21H,7-8,11-12H2,1-2H3,(H,28,34)(H,27,29,30). The van der Waals surface area contributed by atoms with E-state index in [1.54, 1.807) is 0 Å². The molecule has 2 aromatic heterocycles. The highest BCUT2D eigenvalue weighted by Gasteiger charge is 2.56. The first kappa shape index (κ1) is 21.8. The van der Waals surface area contributed by atoms with Gasteiger partial charge in [0.2, 0.25) is 5.95 Å². The van der Waals surface area contributed by atoms with Gasteiger partial charge < -0.3 is 15.5 Å². The average Bonchev–Trinajstić information content (AvgIpc) is 3.70. The van der Waals surface area contributed by atoms with Crippen LogP contribution in [0.5, 0.6) is 0 Å². The first-order valence-corrected chi connectivity index (χ1v) is 12.7. The Morgan fingerprint density at radius 3 is 2.59 bits per heavy atom. The molecule has 0 spiro atoms. The number of rotatable bonds is 5. The third kappa shape index (κ3) is 3.82. The Kier molecular flexibility index (Phi) is 5.26. The predicted molar refractivity (Wildman–Crippen MR) is 139 cm³/mol. The molecule has 2 aliphatic carbocycles. The Hall–Kier alpha value is -2.71. The highest BCUT2D eigenvalue weighted by molar-refractivity contribution is 7.80. The topological polar surface area (TPSA) is 75.1 Å². The second kappa shape index (κ2) is 8.20. The van der Waals surface area contributed by atoms with Gasteiger partial charge in [-0.05, 0) is 51.0 Å². The summed E-state index contributed by atoms with van der Waals surface area (Å²) in [6, 6.07) is 10.2. The molecule has 2 saturated carbocycles. The monoisotopic (exact) mass is 494 g/mol. The molecule has 2 N–H and O–H groups in total. The van der Waals surface area contributed by atoms with Gasteiger partial charge in [-0.2, -0.15) is 4.98 Å². The molecule has 3 fully saturated rings. The van der Waals surface area contributed by atoms with Crippen molar-refractivity contribution in [1.82, 2.24) is 24.8 Å². The summed E-state index contributed by atoms with van der Waals surface area (Å²) in [6.45, 7) is 6.09. The van der Waals surface area contributed by atoms with Crippen LogP contribution >= 0.6 is 23.8 Å². The first-order chi connectivity index (χ1) is 16.4. The van der Waals surface area contributed by atoms with Crippen LogP contribution in [-0.2, 0) is 0 Å². The quantitative estimate of drug-likeness (QED) is 0.518. The summed E-state index contributed by atoms with van der Waals surface area (Å²) in [5.74, 6) is 1.67. The van der Waals surface area contributed by atoms with Crippen molar-refractivity contribution in [1.29, 1.82) is 0 Å². The third-order valence-electron chi connectivity index (χ3n) is 7.04. The van der Waals surface area contributed by atoms with E-state index < -0.39 is 0 Å². The SMILES string of the molecule is CC(C)NC(=S)N1CC2C(C1)C2Nc1ncc2cc(-c3ccccc3Cl)c(=O)n(C3CC3)c2n1. The van der Waals surface area contributed by atoms with E-state index in [0.717, 1.165) is 42.0 Å². The van der Waals surface area contributed by atoms with E-state index in [4.69, 9.17) is 28.8 Å². The molecule has 2 unspecified atom stereocenters. The van der Waals surface area contributed by atoms with Gasteiger partial charge in [0.25, 0.3) is 5.56 Å². The first-order valence-electron chi connectivity index (χ1n) is 11.9. The Bertz CT molecular complexity index is 1340. The maximum Gasteiger partial charge on any atom is 0.260 e. The second-order valence-electron chi connectivity index (χ2n) is 9.92. The van der Waals surface area contributed by atoms with E-state index >= 15 is 0 Å². The van der Waals surface area contributed by atoms with Crippen LogP contribution in [0.2, 0.25) is 5.02 Å². The highest BCUT2D eigenvalue weighted by atomic mass is 35.5. The zero-order valence-corrected chi connectivity index (χ0v) is 20.7. The largest absolute Gasteiger partial charge is 0.360 e. The van der Waals surface area contributed by atoms with E-state index in [2.05, 4.69) is 34.4 Å². The zero-order valence-electron chi connectivity index (χ0n) is 19.2. The van der Waals surface area contributed by atoms with E-state index in [1.165, 1.54) is 0 Å². The fourth-order valence-corrected chi connectivity index (χ4v) is 5.75. The number of likely N-dealkylation sites (tertiary alicyclic amines) is 1. The van der Waals surface area contributed by atoms with Crippen molar-refractivity contribution in [3.63, 3.8) is 0 Å². The van der Waals surface area contributed by atoms with Crippen LogP contribution in [0.25, 0.3) is 22.2 Å². The minimum absolute atomic E-state index is 0.0437. The van der Waals surface area contributed by atoms with E-state index in [-0.39, 0.29) is 11.6 Å². The molecular formula is C25H27ClN6OS. The van der Waals surface area contributed by atoms with Crippen molar-refractivity contribution in [2.24, 2.45) is 11.8 Å². The van der Waals surface area contributed by atoms with Gasteiger partial charge in [0.1, 0.15) is 5.65 Å². The maximum atomic E-state index is 13.5. The van der Waals surface area contributed by atoms with E-state index in [9.17, 15) is 4.79 Å². The van der Waals surface area contributed by atoms with Gasteiger partial charge in [0, 0.05) is 70.8 Å². The number of halogens is 1. The van der Waals surface area contributed by atoms with Crippen LogP contribution < -0.4 is 16.2 Å². The Balaban J connectivity index is 1.26. The van der Waals surface area contributed by atoms with Crippen molar-refractivity contribution in [2.75, 3.05) is 18.4 Å². The molecule has 0 bridgehead atoms. The lowest BCUT2D eigenvalue weighted by atomic mass is 10.1. The van der Waals surface area contributed by atoms with Crippen LogP contribution in [0, 0.1) is 11.8 Å². The molecule has 3 aromatic rings. The molecule has 1 aliphatic heterocycles. The molecule has 2 atom stereocenters. The normalized spacial score (nSPS) is 23.3. The van der Waals surface area contributed by atoms with Crippen molar-refractivity contribution in [3.8, 4) is 11.1 Å². The number of hydrogen-bond donors (Lipinski definition) is 2. The van der Waals surface area contributed by atoms with Crippen LogP contribution in [0.1, 0.15) is 32.7 Å². The molecule has 0 radical (unpaired) electrons. The number of pyridine rings is 1. The van der Waals surface area contributed by atoms with Crippen LogP contribution in [-0.4, -0.2) is 49.7 Å². The second-order valence-corrected chi connectivity index (χ2v) is 10.7. The minimum Gasteiger partial charge on any atom is -0.360 e. The number of piperidine rings is 1. The minimum atomic E-state index is -0.0437. The average molecular weight is 495 g/mol. The summed E-state index contributed by atoms with van der Waals surface area (Å²) in [7, 11) is 0. The fraction of sp³-hybridized carbons (Fsp3) is 0.440. The third-order valence-corrected chi connectivity index (χ3v) is 7.74. The number of thiocarbonyl (C=S) groups is 1. The molecule has 7 nitrogen and oxygen atoms in total. The lowest BCUT2D eigenvalue weighted by Gasteiger charge is -2.25. The van der Waals surface area contributed by atoms with Gasteiger partial charge in [0.05, 0.1) is 0 Å². The molecular weight excluding hydrogens is 468 g/mol. The number of anilines is 1. The molecule has 3 aliphatic rings. The molecule has 0 amide bonds. The number of aromatic nitrogens is 3. The van der Waals surface area contributed by atoms with Gasteiger partial charge in [-0.25, -0.2) is 4.98 Å². The molecule has 34 heavy (non-hydrogen) atoms. The summed E-state index contributed by atoms with van der Waals surface area (Å²) < 4.78 is 1.84. The smallest absolute Gasteiger partial charge is 0.260 e. The molecule has 3 heterocycles. The highest BCUT2D eigenvalue weighted by Crippen LogP contribution is 2.47. The number of benzene rings is 1. The number of fused-ring (bicyclic) bond motifs is 2. The summed E-state index contributed by atoms with van der Waals surface area (Å²) in [6.07, 6.45) is 3.79. The number of nitrogens with zero attached hydrogens (tertiary/aromatic N) is 4. The fourth-order valence-electron chi connectivity index (χ4n) is 5.13. The predicted octanol–water partition coefficient (Wildman–Crippen LogP) is 4.07. The molecule has 1 aromatic carbocycles.